The normalized spacial score (nSPS) is 17.6. The van der Waals surface area contributed by atoms with E-state index in [1.807, 2.05) is 0 Å². The van der Waals surface area contributed by atoms with E-state index in [4.69, 9.17) is 21.1 Å². The number of hydrogen-bond donors (Lipinski definition) is 4. The number of alkyl halides is 3. The molecule has 16 heavy (non-hydrogen) atoms. The second-order valence-corrected chi connectivity index (χ2v) is 3.11. The first-order valence-electron chi connectivity index (χ1n) is 4.03. The minimum Gasteiger partial charge on any atom is -0.481 e. The summed E-state index contributed by atoms with van der Waals surface area (Å²) in [6.07, 6.45) is -9.29. The Morgan fingerprint density at radius 1 is 1.19 bits per heavy atom. The molecule has 5 N–H and O–H groups in total. The lowest BCUT2D eigenvalue weighted by Crippen LogP contribution is -2.44. The van der Waals surface area contributed by atoms with Crippen LogP contribution in [0.4, 0.5) is 13.2 Å². The molecule has 0 rings (SSSR count). The first-order valence-corrected chi connectivity index (χ1v) is 4.03. The van der Waals surface area contributed by atoms with Crippen LogP contribution in [0.2, 0.25) is 0 Å². The van der Waals surface area contributed by atoms with Gasteiger partial charge in [0.2, 0.25) is 0 Å². The van der Waals surface area contributed by atoms with Gasteiger partial charge in [-0.1, -0.05) is 0 Å². The lowest BCUT2D eigenvalue weighted by atomic mass is 9.94. The summed E-state index contributed by atoms with van der Waals surface area (Å²) in [5.41, 5.74) is 4.89. The predicted molar refractivity (Wildman–Crippen MR) is 43.4 cm³/mol. The van der Waals surface area contributed by atoms with Crippen molar-refractivity contribution in [3.05, 3.63) is 0 Å². The van der Waals surface area contributed by atoms with Crippen LogP contribution in [0.1, 0.15) is 6.42 Å². The predicted octanol–water partition coefficient (Wildman–Crippen LogP) is -0.588. The third kappa shape index (κ3) is 4.03. The molecule has 0 aliphatic carbocycles. The van der Waals surface area contributed by atoms with Crippen molar-refractivity contribution >= 4 is 11.9 Å². The third-order valence-corrected chi connectivity index (χ3v) is 1.86. The Kier molecular flexibility index (Phi) is 4.69. The van der Waals surface area contributed by atoms with Crippen LogP contribution in [0.25, 0.3) is 0 Å². The van der Waals surface area contributed by atoms with E-state index in [9.17, 15) is 22.8 Å². The summed E-state index contributed by atoms with van der Waals surface area (Å²) < 4.78 is 36.0. The van der Waals surface area contributed by atoms with E-state index in [0.29, 0.717) is 0 Å². The lowest BCUT2D eigenvalue weighted by molar-refractivity contribution is -0.223. The number of halogens is 3. The molecule has 0 fully saturated rings. The van der Waals surface area contributed by atoms with Gasteiger partial charge in [-0.25, -0.2) is 0 Å². The van der Waals surface area contributed by atoms with Gasteiger partial charge in [0, 0.05) is 0 Å². The van der Waals surface area contributed by atoms with Crippen molar-refractivity contribution in [3.63, 3.8) is 0 Å². The standard InChI is InChI=1S/C7H10F3NO5/c8-7(9,10)4(12)2(5(13)14)1-3(11)6(15)16/h2-4,12H,1,11H2,(H,13,14)(H,15,16)/t2-,3+,4-/m1/s1. The van der Waals surface area contributed by atoms with Crippen LogP contribution in [0, 0.1) is 5.92 Å². The van der Waals surface area contributed by atoms with Crippen molar-refractivity contribution < 1.29 is 38.1 Å². The molecule has 0 aliphatic rings. The van der Waals surface area contributed by atoms with Gasteiger partial charge in [0.25, 0.3) is 0 Å². The number of hydrogen-bond acceptors (Lipinski definition) is 4. The maximum absolute atomic E-state index is 12.0. The maximum Gasteiger partial charge on any atom is 0.415 e. The zero-order chi connectivity index (χ0) is 13.1. The van der Waals surface area contributed by atoms with Gasteiger partial charge in [-0.15, -0.1) is 0 Å². The fraction of sp³-hybridized carbons (Fsp3) is 0.714. The highest BCUT2D eigenvalue weighted by molar-refractivity contribution is 5.76. The molecular weight excluding hydrogens is 235 g/mol. The van der Waals surface area contributed by atoms with Crippen molar-refractivity contribution in [2.75, 3.05) is 0 Å². The average molecular weight is 245 g/mol. The Bertz CT molecular complexity index is 280. The van der Waals surface area contributed by atoms with Crippen LogP contribution in [0.3, 0.4) is 0 Å². The SMILES string of the molecule is N[C@@H](C[C@@H](C(=O)O)[C@@H](O)C(F)(F)F)C(=O)O. The van der Waals surface area contributed by atoms with E-state index < -0.39 is 42.6 Å². The molecule has 3 atom stereocenters. The number of nitrogens with two attached hydrogens (primary N) is 1. The lowest BCUT2D eigenvalue weighted by Gasteiger charge is -2.22. The summed E-state index contributed by atoms with van der Waals surface area (Å²) in [6, 6.07) is -1.78. The second kappa shape index (κ2) is 5.12. The number of carboxylic acid groups (broad SMARTS) is 2. The molecule has 0 aromatic heterocycles. The minimum absolute atomic E-state index is 1.01. The number of aliphatic carboxylic acids is 2. The smallest absolute Gasteiger partial charge is 0.415 e. The first kappa shape index (κ1) is 14.6. The summed E-state index contributed by atoms with van der Waals surface area (Å²) in [4.78, 5) is 20.7. The van der Waals surface area contributed by atoms with Gasteiger partial charge in [0.1, 0.15) is 6.04 Å². The Hall–Kier alpha value is -1.35. The molecule has 0 aromatic rings. The van der Waals surface area contributed by atoms with Gasteiger partial charge < -0.3 is 21.1 Å². The molecule has 0 radical (unpaired) electrons. The molecule has 0 spiro atoms. The molecule has 0 saturated heterocycles. The van der Waals surface area contributed by atoms with Crippen LogP contribution in [-0.2, 0) is 9.59 Å². The van der Waals surface area contributed by atoms with Crippen LogP contribution >= 0.6 is 0 Å². The zero-order valence-corrected chi connectivity index (χ0v) is 7.81. The van der Waals surface area contributed by atoms with E-state index in [-0.39, 0.29) is 0 Å². The maximum atomic E-state index is 12.0. The highest BCUT2D eigenvalue weighted by Gasteiger charge is 2.47. The Balaban J connectivity index is 4.76. The molecule has 0 aliphatic heterocycles. The second-order valence-electron chi connectivity index (χ2n) is 3.11. The van der Waals surface area contributed by atoms with Crippen molar-refractivity contribution in [2.24, 2.45) is 11.7 Å². The Morgan fingerprint density at radius 3 is 1.88 bits per heavy atom. The van der Waals surface area contributed by atoms with Crippen LogP contribution in [0.15, 0.2) is 0 Å². The van der Waals surface area contributed by atoms with Gasteiger partial charge in [-0.3, -0.25) is 9.59 Å². The largest absolute Gasteiger partial charge is 0.481 e. The molecule has 94 valence electrons. The Labute approximate surface area is 87.5 Å². The van der Waals surface area contributed by atoms with Crippen molar-refractivity contribution in [2.45, 2.75) is 24.7 Å². The molecule has 0 unspecified atom stereocenters. The number of carboxylic acids is 2. The molecule has 0 bridgehead atoms. The summed E-state index contributed by atoms with van der Waals surface area (Å²) in [7, 11) is 0. The summed E-state index contributed by atoms with van der Waals surface area (Å²) in [5, 5.41) is 25.4. The topological polar surface area (TPSA) is 121 Å². The van der Waals surface area contributed by atoms with E-state index in [1.54, 1.807) is 0 Å². The highest BCUT2D eigenvalue weighted by atomic mass is 19.4. The molecule has 9 heteroatoms. The summed E-state index contributed by atoms with van der Waals surface area (Å²) >= 11 is 0. The zero-order valence-electron chi connectivity index (χ0n) is 7.81. The van der Waals surface area contributed by atoms with Crippen LogP contribution in [0.5, 0.6) is 0 Å². The van der Waals surface area contributed by atoms with Gasteiger partial charge >= 0.3 is 18.1 Å². The quantitative estimate of drug-likeness (QED) is 0.513. The number of aliphatic hydroxyl groups is 1. The van der Waals surface area contributed by atoms with E-state index in [2.05, 4.69) is 0 Å². The first-order chi connectivity index (χ1) is 7.07. The molecular formula is C7H10F3NO5. The Morgan fingerprint density at radius 2 is 1.62 bits per heavy atom. The van der Waals surface area contributed by atoms with E-state index >= 15 is 0 Å². The molecule has 0 amide bonds. The molecule has 0 aromatic carbocycles. The highest BCUT2D eigenvalue weighted by Crippen LogP contribution is 2.28. The summed E-state index contributed by atoms with van der Waals surface area (Å²) in [5.74, 6) is -5.90. The van der Waals surface area contributed by atoms with Crippen LogP contribution in [-0.4, -0.2) is 45.6 Å². The van der Waals surface area contributed by atoms with E-state index in [1.165, 1.54) is 0 Å². The van der Waals surface area contributed by atoms with Crippen molar-refractivity contribution in [1.82, 2.24) is 0 Å². The minimum atomic E-state index is -5.14. The van der Waals surface area contributed by atoms with Gasteiger partial charge in [0.05, 0.1) is 5.92 Å². The van der Waals surface area contributed by atoms with Crippen LogP contribution < -0.4 is 5.73 Å². The molecule has 0 saturated carbocycles. The van der Waals surface area contributed by atoms with Gasteiger partial charge in [-0.2, -0.15) is 13.2 Å². The number of aliphatic hydroxyl groups excluding tert-OH is 1. The average Bonchev–Trinajstić information content (AvgIpc) is 2.10. The molecule has 6 nitrogen and oxygen atoms in total. The van der Waals surface area contributed by atoms with Gasteiger partial charge in [0.15, 0.2) is 6.10 Å². The fourth-order valence-electron chi connectivity index (χ4n) is 0.967. The van der Waals surface area contributed by atoms with Gasteiger partial charge in [-0.05, 0) is 6.42 Å². The summed E-state index contributed by atoms with van der Waals surface area (Å²) in [6.45, 7) is 0. The number of carbonyl (C=O) groups is 2. The molecule has 0 heterocycles. The number of rotatable bonds is 5. The monoisotopic (exact) mass is 245 g/mol. The van der Waals surface area contributed by atoms with Crippen molar-refractivity contribution in [3.8, 4) is 0 Å². The van der Waals surface area contributed by atoms with Crippen molar-refractivity contribution in [1.29, 1.82) is 0 Å². The van der Waals surface area contributed by atoms with E-state index in [0.717, 1.165) is 0 Å². The fourth-order valence-corrected chi connectivity index (χ4v) is 0.967. The third-order valence-electron chi connectivity index (χ3n) is 1.86.